The minimum absolute atomic E-state index is 0.117. The van der Waals surface area contributed by atoms with Crippen LogP contribution in [-0.2, 0) is 19.8 Å². The van der Waals surface area contributed by atoms with E-state index in [2.05, 4.69) is 0 Å². The minimum Gasteiger partial charge on any atom is -0.302 e. The molecule has 3 aromatic rings. The number of anilines is 1. The Morgan fingerprint density at radius 1 is 0.939 bits per heavy atom. The SMILES string of the molecule is O=CC12c3ccccc3C(c3ccccc31)[C@H]1C(=O)N(c3ccc(Cl)cc3[N+](=O)[O-])C(=O)[C@H]12. The number of benzene rings is 3. The Hall–Kier alpha value is -3.84. The molecule has 0 radical (unpaired) electrons. The fourth-order valence-corrected chi connectivity index (χ4v) is 6.27. The first kappa shape index (κ1) is 19.8. The molecule has 3 aromatic carbocycles. The Morgan fingerprint density at radius 3 is 2.12 bits per heavy atom. The third-order valence-electron chi connectivity index (χ3n) is 7.24. The minimum atomic E-state index is -1.35. The molecule has 1 fully saturated rings. The van der Waals surface area contributed by atoms with Crippen molar-refractivity contribution in [2.45, 2.75) is 11.3 Å². The first-order chi connectivity index (χ1) is 15.9. The van der Waals surface area contributed by atoms with E-state index in [0.717, 1.165) is 28.4 Å². The maximum absolute atomic E-state index is 13.9. The smallest absolute Gasteiger partial charge is 0.294 e. The molecule has 0 N–H and O–H groups in total. The van der Waals surface area contributed by atoms with Crippen molar-refractivity contribution in [3.63, 3.8) is 0 Å². The Bertz CT molecular complexity index is 1370. The quantitative estimate of drug-likeness (QED) is 0.256. The number of amides is 2. The number of nitro benzene ring substituents is 1. The summed E-state index contributed by atoms with van der Waals surface area (Å²) in [5, 5.41) is 11.8. The van der Waals surface area contributed by atoms with E-state index in [4.69, 9.17) is 11.6 Å². The van der Waals surface area contributed by atoms with Gasteiger partial charge in [-0.25, -0.2) is 4.90 Å². The second-order valence-electron chi connectivity index (χ2n) is 8.54. The zero-order chi connectivity index (χ0) is 23.1. The molecule has 33 heavy (non-hydrogen) atoms. The molecule has 0 saturated carbocycles. The van der Waals surface area contributed by atoms with Crippen molar-refractivity contribution in [3.8, 4) is 0 Å². The highest BCUT2D eigenvalue weighted by Crippen LogP contribution is 2.63. The predicted molar refractivity (Wildman–Crippen MR) is 119 cm³/mol. The van der Waals surface area contributed by atoms with Gasteiger partial charge in [-0.2, -0.15) is 0 Å². The lowest BCUT2D eigenvalue weighted by molar-refractivity contribution is -0.384. The average molecular weight is 459 g/mol. The Balaban J connectivity index is 1.64. The summed E-state index contributed by atoms with van der Waals surface area (Å²) in [6.45, 7) is 0. The van der Waals surface area contributed by atoms with E-state index in [9.17, 15) is 24.5 Å². The number of carbonyl (C=O) groups is 3. The summed E-state index contributed by atoms with van der Waals surface area (Å²) >= 11 is 5.95. The molecule has 2 amide bonds. The van der Waals surface area contributed by atoms with Crippen LogP contribution in [0, 0.1) is 22.0 Å². The summed E-state index contributed by atoms with van der Waals surface area (Å²) in [6, 6.07) is 18.6. The van der Waals surface area contributed by atoms with Crippen molar-refractivity contribution in [2.75, 3.05) is 4.90 Å². The molecule has 1 saturated heterocycles. The van der Waals surface area contributed by atoms with Crippen LogP contribution in [0.4, 0.5) is 11.4 Å². The van der Waals surface area contributed by atoms with E-state index in [1.165, 1.54) is 12.1 Å². The van der Waals surface area contributed by atoms with Gasteiger partial charge in [-0.3, -0.25) is 19.7 Å². The number of halogens is 1. The van der Waals surface area contributed by atoms with Crippen LogP contribution in [-0.4, -0.2) is 23.0 Å². The van der Waals surface area contributed by atoms with Gasteiger partial charge < -0.3 is 4.79 Å². The summed E-state index contributed by atoms with van der Waals surface area (Å²) < 4.78 is 0. The van der Waals surface area contributed by atoms with Crippen LogP contribution in [0.25, 0.3) is 0 Å². The van der Waals surface area contributed by atoms with Gasteiger partial charge in [-0.1, -0.05) is 60.1 Å². The lowest BCUT2D eigenvalue weighted by Crippen LogP contribution is -2.54. The monoisotopic (exact) mass is 458 g/mol. The third kappa shape index (κ3) is 2.27. The fourth-order valence-electron chi connectivity index (χ4n) is 6.10. The molecule has 8 heteroatoms. The van der Waals surface area contributed by atoms with Crippen LogP contribution in [0.3, 0.4) is 0 Å². The maximum Gasteiger partial charge on any atom is 0.294 e. The Kier molecular flexibility index (Phi) is 3.95. The number of rotatable bonds is 3. The standard InChI is InChI=1S/C25H15ClN2O5/c26-13-9-10-18(19(11-13)28(32)33)27-23(30)21-20-14-5-1-3-7-16(14)25(12-29,22(21)24(27)31)17-8-4-2-6-15(17)20/h1-12,20-22H/t20?,21-,22+,25?/m1/s1. The second kappa shape index (κ2) is 6.59. The third-order valence-corrected chi connectivity index (χ3v) is 7.48. The van der Waals surface area contributed by atoms with Crippen LogP contribution >= 0.6 is 11.6 Å². The van der Waals surface area contributed by atoms with Gasteiger partial charge in [0.1, 0.15) is 12.0 Å². The molecule has 7 rings (SSSR count). The normalized spacial score (nSPS) is 26.6. The molecular formula is C25H15ClN2O5. The number of aldehydes is 1. The van der Waals surface area contributed by atoms with Crippen molar-refractivity contribution < 1.29 is 19.3 Å². The van der Waals surface area contributed by atoms with Gasteiger partial charge in [0.25, 0.3) is 5.69 Å². The van der Waals surface area contributed by atoms with E-state index < -0.39 is 45.6 Å². The molecule has 4 aliphatic rings. The highest BCUT2D eigenvalue weighted by atomic mass is 35.5. The molecule has 162 valence electrons. The summed E-state index contributed by atoms with van der Waals surface area (Å²) in [5.41, 5.74) is 1.15. The zero-order valence-corrected chi connectivity index (χ0v) is 17.7. The number of nitro groups is 1. The molecule has 1 aliphatic heterocycles. The summed E-state index contributed by atoms with van der Waals surface area (Å²) in [5.74, 6) is -3.43. The van der Waals surface area contributed by atoms with Crippen molar-refractivity contribution in [3.05, 3.63) is 104 Å². The van der Waals surface area contributed by atoms with Gasteiger partial charge in [0.05, 0.1) is 22.2 Å². The van der Waals surface area contributed by atoms with Gasteiger partial charge >= 0.3 is 0 Å². The molecule has 2 bridgehead atoms. The van der Waals surface area contributed by atoms with Gasteiger partial charge in [-0.05, 0) is 34.4 Å². The molecule has 2 atom stereocenters. The van der Waals surface area contributed by atoms with E-state index >= 15 is 0 Å². The predicted octanol–water partition coefficient (Wildman–Crippen LogP) is 4.00. The van der Waals surface area contributed by atoms with Gasteiger partial charge in [0, 0.05) is 17.0 Å². The second-order valence-corrected chi connectivity index (χ2v) is 8.98. The Morgan fingerprint density at radius 2 is 1.55 bits per heavy atom. The van der Waals surface area contributed by atoms with Crippen molar-refractivity contribution in [1.29, 1.82) is 0 Å². The maximum atomic E-state index is 13.9. The van der Waals surface area contributed by atoms with Gasteiger partial charge in [-0.15, -0.1) is 0 Å². The van der Waals surface area contributed by atoms with Crippen molar-refractivity contribution >= 4 is 41.1 Å². The summed E-state index contributed by atoms with van der Waals surface area (Å²) in [6.07, 6.45) is 0.767. The van der Waals surface area contributed by atoms with Crippen molar-refractivity contribution in [2.24, 2.45) is 11.8 Å². The molecule has 3 aliphatic carbocycles. The first-order valence-electron chi connectivity index (χ1n) is 10.4. The number of carbonyl (C=O) groups excluding carboxylic acids is 3. The average Bonchev–Trinajstić information content (AvgIpc) is 3.10. The molecule has 0 unspecified atom stereocenters. The van der Waals surface area contributed by atoms with E-state index in [-0.39, 0.29) is 10.7 Å². The lowest BCUT2D eigenvalue weighted by Gasteiger charge is -2.51. The molecule has 1 heterocycles. The van der Waals surface area contributed by atoms with E-state index in [1.807, 2.05) is 48.5 Å². The fraction of sp³-hybridized carbons (Fsp3) is 0.160. The van der Waals surface area contributed by atoms with E-state index in [0.29, 0.717) is 11.1 Å². The molecular weight excluding hydrogens is 444 g/mol. The van der Waals surface area contributed by atoms with Crippen LogP contribution in [0.1, 0.15) is 28.2 Å². The highest BCUT2D eigenvalue weighted by Gasteiger charge is 2.68. The number of hydrogen-bond donors (Lipinski definition) is 0. The van der Waals surface area contributed by atoms with Gasteiger partial charge in [0.15, 0.2) is 0 Å². The molecule has 7 nitrogen and oxygen atoms in total. The molecule has 0 aromatic heterocycles. The summed E-state index contributed by atoms with van der Waals surface area (Å²) in [4.78, 5) is 52.5. The van der Waals surface area contributed by atoms with Crippen LogP contribution in [0.2, 0.25) is 5.02 Å². The first-order valence-corrected chi connectivity index (χ1v) is 10.8. The Labute approximate surface area is 192 Å². The number of nitrogens with zero attached hydrogens (tertiary/aromatic N) is 2. The summed E-state index contributed by atoms with van der Waals surface area (Å²) in [7, 11) is 0. The van der Waals surface area contributed by atoms with Gasteiger partial charge in [0.2, 0.25) is 11.8 Å². The van der Waals surface area contributed by atoms with Crippen LogP contribution in [0.15, 0.2) is 66.7 Å². The van der Waals surface area contributed by atoms with Crippen LogP contribution < -0.4 is 4.90 Å². The topological polar surface area (TPSA) is 97.6 Å². The highest BCUT2D eigenvalue weighted by molar-refractivity contribution is 6.31. The lowest BCUT2D eigenvalue weighted by atomic mass is 9.48. The zero-order valence-electron chi connectivity index (χ0n) is 17.0. The van der Waals surface area contributed by atoms with Crippen LogP contribution in [0.5, 0.6) is 0 Å². The van der Waals surface area contributed by atoms with Crippen molar-refractivity contribution in [1.82, 2.24) is 0 Å². The largest absolute Gasteiger partial charge is 0.302 e. The number of hydrogen-bond acceptors (Lipinski definition) is 5. The number of imide groups is 1. The van der Waals surface area contributed by atoms with E-state index in [1.54, 1.807) is 0 Å². The molecule has 0 spiro atoms.